The molecule has 0 radical (unpaired) electrons. The van der Waals surface area contributed by atoms with Crippen LogP contribution in [0.15, 0.2) is 53.5 Å². The first-order valence-corrected chi connectivity index (χ1v) is 13.8. The minimum absolute atomic E-state index is 0.0909. The number of rotatable bonds is 3. The Balaban J connectivity index is 0.000000279. The molecule has 208 valence electrons. The Morgan fingerprint density at radius 2 is 1.66 bits per heavy atom. The second-order valence-corrected chi connectivity index (χ2v) is 11.2. The molecule has 1 heterocycles. The predicted molar refractivity (Wildman–Crippen MR) is 155 cm³/mol. The maximum atomic E-state index is 13.4. The van der Waals surface area contributed by atoms with Gasteiger partial charge in [-0.05, 0) is 97.7 Å². The summed E-state index contributed by atoms with van der Waals surface area (Å²) in [7, 11) is 0. The molecule has 3 fully saturated rings. The lowest BCUT2D eigenvalue weighted by atomic mass is 9.47. The highest BCUT2D eigenvalue weighted by molar-refractivity contribution is 6.30. The summed E-state index contributed by atoms with van der Waals surface area (Å²) in [6.45, 7) is 15.4. The summed E-state index contributed by atoms with van der Waals surface area (Å²) in [6.07, 6.45) is 6.58. The summed E-state index contributed by atoms with van der Waals surface area (Å²) in [5.41, 5.74) is 7.89. The lowest BCUT2D eigenvalue weighted by Gasteiger charge is -2.58. The number of amides is 1. The number of carbonyl (C=O) groups is 1. The first-order chi connectivity index (χ1) is 18.0. The van der Waals surface area contributed by atoms with Crippen molar-refractivity contribution in [2.75, 3.05) is 0 Å². The number of aromatic nitrogens is 2. The summed E-state index contributed by atoms with van der Waals surface area (Å²) < 4.78 is 16.8. The first kappa shape index (κ1) is 31.4. The second-order valence-electron chi connectivity index (χ2n) is 10.8. The number of nitrogens with zero attached hydrogens (tertiary/aromatic N) is 2. The third-order valence-corrected chi connectivity index (χ3v) is 8.03. The van der Waals surface area contributed by atoms with Crippen LogP contribution in [0.4, 0.5) is 4.39 Å². The van der Waals surface area contributed by atoms with Crippen molar-refractivity contribution in [2.45, 2.75) is 74.3 Å². The van der Waals surface area contributed by atoms with Crippen molar-refractivity contribution in [3.63, 3.8) is 0 Å². The summed E-state index contributed by atoms with van der Waals surface area (Å²) in [6, 6.07) is 11.8. The van der Waals surface area contributed by atoms with Gasteiger partial charge in [-0.3, -0.25) is 14.3 Å². The van der Waals surface area contributed by atoms with Crippen LogP contribution in [0.5, 0.6) is 0 Å². The number of nitrogens with two attached hydrogens (primary N) is 1. The van der Waals surface area contributed by atoms with E-state index in [2.05, 4.69) is 26.5 Å². The van der Waals surface area contributed by atoms with Crippen molar-refractivity contribution >= 4 is 18.0 Å². The SMILES string of the molecule is CC.CC1CC2CC(C1)C2(C)C.Cc1cc(Cl)ccc1-n1c(=O)c(C)cn1Cc1cccc(F)c1.NC=O. The van der Waals surface area contributed by atoms with E-state index in [1.165, 1.54) is 31.4 Å². The molecule has 7 heteroatoms. The monoisotopic (exact) mass is 543 g/mol. The molecule has 2 N–H and O–H groups in total. The number of primary amides is 1. The molecule has 38 heavy (non-hydrogen) atoms. The molecular weight excluding hydrogens is 501 g/mol. The molecule has 6 rings (SSSR count). The van der Waals surface area contributed by atoms with Crippen molar-refractivity contribution in [2.24, 2.45) is 28.9 Å². The zero-order chi connectivity index (χ0) is 28.6. The van der Waals surface area contributed by atoms with Crippen LogP contribution in [0.3, 0.4) is 0 Å². The van der Waals surface area contributed by atoms with Gasteiger partial charge in [-0.2, -0.15) is 0 Å². The molecular formula is C31H43ClFN3O2. The van der Waals surface area contributed by atoms with E-state index in [4.69, 9.17) is 16.4 Å². The zero-order valence-corrected chi connectivity index (χ0v) is 24.6. The van der Waals surface area contributed by atoms with Crippen LogP contribution in [0.25, 0.3) is 5.69 Å². The quantitative estimate of drug-likeness (QED) is 0.352. The normalized spacial score (nSPS) is 20.3. The van der Waals surface area contributed by atoms with Crippen molar-refractivity contribution < 1.29 is 9.18 Å². The minimum Gasteiger partial charge on any atom is -0.372 e. The van der Waals surface area contributed by atoms with E-state index in [9.17, 15) is 9.18 Å². The van der Waals surface area contributed by atoms with E-state index in [1.54, 1.807) is 34.6 Å². The molecule has 2 bridgehead atoms. The highest BCUT2D eigenvalue weighted by Crippen LogP contribution is 2.60. The molecule has 3 aliphatic carbocycles. The number of halogens is 2. The van der Waals surface area contributed by atoms with Crippen molar-refractivity contribution in [3.05, 3.63) is 86.5 Å². The van der Waals surface area contributed by atoms with E-state index in [0.29, 0.717) is 22.5 Å². The van der Waals surface area contributed by atoms with Crippen LogP contribution < -0.4 is 11.3 Å². The number of hydrogen-bond donors (Lipinski definition) is 1. The topological polar surface area (TPSA) is 70.0 Å². The van der Waals surface area contributed by atoms with Crippen LogP contribution in [0, 0.1) is 42.8 Å². The highest BCUT2D eigenvalue weighted by Gasteiger charge is 2.51. The van der Waals surface area contributed by atoms with Crippen molar-refractivity contribution in [3.8, 4) is 5.69 Å². The molecule has 5 nitrogen and oxygen atoms in total. The zero-order valence-electron chi connectivity index (χ0n) is 23.8. The van der Waals surface area contributed by atoms with Crippen LogP contribution in [-0.4, -0.2) is 15.8 Å². The standard InChI is InChI=1S/C18H16ClFN2O.C10H18.C2H6.CH3NO/c1-12-8-15(19)6-7-17(12)22-18(23)13(2)10-21(22)11-14-4-3-5-16(20)9-14;1-7-4-8-6-9(5-7)10(8,2)3;1-2;2-1-3/h3-10H,11H2,1-2H3;7-9H,4-6H2,1-3H3;1-2H3;1H,(H2,2,3). The van der Waals surface area contributed by atoms with Gasteiger partial charge in [-0.25, -0.2) is 9.07 Å². The Hall–Kier alpha value is -2.86. The van der Waals surface area contributed by atoms with Gasteiger partial charge in [0, 0.05) is 16.8 Å². The number of fused-ring (bicyclic) bond motifs is 2. The number of carbonyl (C=O) groups excluding carboxylic acids is 1. The van der Waals surface area contributed by atoms with Gasteiger partial charge < -0.3 is 5.73 Å². The molecule has 3 saturated carbocycles. The molecule has 3 aromatic rings. The van der Waals surface area contributed by atoms with Gasteiger partial charge in [-0.15, -0.1) is 0 Å². The maximum absolute atomic E-state index is 13.4. The molecule has 0 saturated heterocycles. The molecule has 3 aliphatic rings. The Kier molecular flexibility index (Phi) is 11.4. The van der Waals surface area contributed by atoms with Gasteiger partial charge in [0.2, 0.25) is 6.41 Å². The molecule has 0 spiro atoms. The van der Waals surface area contributed by atoms with E-state index in [0.717, 1.165) is 34.6 Å². The van der Waals surface area contributed by atoms with Gasteiger partial charge in [0.15, 0.2) is 0 Å². The average Bonchev–Trinajstić information content (AvgIpc) is 3.14. The lowest BCUT2D eigenvalue weighted by molar-refractivity contribution is -0.106. The number of aryl methyl sites for hydroxylation is 2. The average molecular weight is 544 g/mol. The van der Waals surface area contributed by atoms with Crippen molar-refractivity contribution in [1.82, 2.24) is 9.36 Å². The molecule has 0 aliphatic heterocycles. The summed E-state index contributed by atoms with van der Waals surface area (Å²) >= 11 is 6.00. The highest BCUT2D eigenvalue weighted by atomic mass is 35.5. The lowest BCUT2D eigenvalue weighted by Crippen LogP contribution is -2.50. The van der Waals surface area contributed by atoms with Crippen LogP contribution in [0.2, 0.25) is 5.02 Å². The Bertz CT molecular complexity index is 1250. The fourth-order valence-electron chi connectivity index (χ4n) is 5.65. The van der Waals surface area contributed by atoms with E-state index >= 15 is 0 Å². The smallest absolute Gasteiger partial charge is 0.274 e. The largest absolute Gasteiger partial charge is 0.372 e. The number of hydrogen-bond acceptors (Lipinski definition) is 2. The van der Waals surface area contributed by atoms with Gasteiger partial charge in [0.25, 0.3) is 5.56 Å². The third-order valence-electron chi connectivity index (χ3n) is 7.80. The minimum atomic E-state index is -0.289. The van der Waals surface area contributed by atoms with Crippen LogP contribution >= 0.6 is 11.6 Å². The Morgan fingerprint density at radius 1 is 1.05 bits per heavy atom. The van der Waals surface area contributed by atoms with Gasteiger partial charge in [-0.1, -0.05) is 58.4 Å². The van der Waals surface area contributed by atoms with E-state index < -0.39 is 0 Å². The molecule has 2 atom stereocenters. The summed E-state index contributed by atoms with van der Waals surface area (Å²) in [5.74, 6) is 2.88. The van der Waals surface area contributed by atoms with Crippen LogP contribution in [-0.2, 0) is 11.3 Å². The predicted octanol–water partition coefficient (Wildman–Crippen LogP) is 7.30. The molecule has 2 aromatic carbocycles. The Labute approximate surface area is 231 Å². The van der Waals surface area contributed by atoms with Gasteiger partial charge in [0.05, 0.1) is 12.2 Å². The van der Waals surface area contributed by atoms with E-state index in [1.807, 2.05) is 39.0 Å². The van der Waals surface area contributed by atoms with E-state index in [-0.39, 0.29) is 17.8 Å². The van der Waals surface area contributed by atoms with Crippen LogP contribution in [0.1, 0.15) is 70.6 Å². The number of benzene rings is 2. The maximum Gasteiger partial charge on any atom is 0.274 e. The molecule has 1 aromatic heterocycles. The summed E-state index contributed by atoms with van der Waals surface area (Å²) in [5, 5.41) is 0.624. The molecule has 2 unspecified atom stereocenters. The van der Waals surface area contributed by atoms with Gasteiger partial charge in [0.1, 0.15) is 5.82 Å². The Morgan fingerprint density at radius 3 is 2.16 bits per heavy atom. The fourth-order valence-corrected chi connectivity index (χ4v) is 5.88. The summed E-state index contributed by atoms with van der Waals surface area (Å²) in [4.78, 5) is 21.1. The second kappa shape index (κ2) is 13.8. The first-order valence-electron chi connectivity index (χ1n) is 13.4. The van der Waals surface area contributed by atoms with Crippen molar-refractivity contribution in [1.29, 1.82) is 0 Å². The van der Waals surface area contributed by atoms with Gasteiger partial charge >= 0.3 is 0 Å². The fraction of sp³-hybridized carbons (Fsp3) is 0.484. The molecule has 1 amide bonds. The third kappa shape index (κ3) is 7.37.